The van der Waals surface area contributed by atoms with Crippen molar-refractivity contribution in [2.24, 2.45) is 0 Å². The van der Waals surface area contributed by atoms with Gasteiger partial charge in [0.1, 0.15) is 0 Å². The van der Waals surface area contributed by atoms with Crippen LogP contribution in [0.25, 0.3) is 0 Å². The number of hydrogen-bond acceptors (Lipinski definition) is 3. The van der Waals surface area contributed by atoms with Crippen molar-refractivity contribution in [1.82, 2.24) is 0 Å². The zero-order valence-corrected chi connectivity index (χ0v) is 10.3. The van der Waals surface area contributed by atoms with Gasteiger partial charge < -0.3 is 14.8 Å². The standard InChI is InChI=1S/C11H12ClF2NO3/c1-17-5-4-10(16)15-8-3-2-7(12)6-9(8)18-11(13)14/h2-3,6,11H,4-5H2,1H3,(H,15,16). The van der Waals surface area contributed by atoms with E-state index in [9.17, 15) is 13.6 Å². The summed E-state index contributed by atoms with van der Waals surface area (Å²) in [6.07, 6.45) is 0.118. The number of ether oxygens (including phenoxy) is 2. The van der Waals surface area contributed by atoms with E-state index in [0.29, 0.717) is 0 Å². The van der Waals surface area contributed by atoms with E-state index in [-0.39, 0.29) is 35.4 Å². The third-order valence-electron chi connectivity index (χ3n) is 1.97. The summed E-state index contributed by atoms with van der Waals surface area (Å²) < 4.78 is 33.3. The summed E-state index contributed by atoms with van der Waals surface area (Å²) in [7, 11) is 1.46. The lowest BCUT2D eigenvalue weighted by atomic mass is 10.3. The van der Waals surface area contributed by atoms with E-state index in [0.717, 1.165) is 0 Å². The molecule has 100 valence electrons. The van der Waals surface area contributed by atoms with Crippen LogP contribution in [-0.2, 0) is 9.53 Å². The molecule has 0 spiro atoms. The molecule has 0 saturated carbocycles. The van der Waals surface area contributed by atoms with Crippen molar-refractivity contribution in [3.05, 3.63) is 23.2 Å². The van der Waals surface area contributed by atoms with Crippen LogP contribution in [0, 0.1) is 0 Å². The first-order valence-corrected chi connectivity index (χ1v) is 5.44. The molecule has 1 aromatic rings. The average Bonchev–Trinajstić information content (AvgIpc) is 2.29. The molecule has 0 aliphatic heterocycles. The molecule has 1 amide bonds. The number of benzene rings is 1. The van der Waals surface area contributed by atoms with Gasteiger partial charge in [0.25, 0.3) is 0 Å². The second-order valence-corrected chi connectivity index (χ2v) is 3.75. The highest BCUT2D eigenvalue weighted by Gasteiger charge is 2.12. The third-order valence-corrected chi connectivity index (χ3v) is 2.20. The molecule has 0 heterocycles. The molecule has 0 saturated heterocycles. The minimum Gasteiger partial charge on any atom is -0.433 e. The molecule has 0 unspecified atom stereocenters. The predicted octanol–water partition coefficient (Wildman–Crippen LogP) is 2.92. The molecule has 0 fully saturated rings. The number of anilines is 1. The van der Waals surface area contributed by atoms with E-state index in [1.54, 1.807) is 0 Å². The van der Waals surface area contributed by atoms with Crippen molar-refractivity contribution in [2.45, 2.75) is 13.0 Å². The van der Waals surface area contributed by atoms with Crippen molar-refractivity contribution < 1.29 is 23.0 Å². The van der Waals surface area contributed by atoms with Gasteiger partial charge in [0.15, 0.2) is 5.75 Å². The Balaban J connectivity index is 2.77. The Hall–Kier alpha value is -1.40. The molecule has 1 aromatic carbocycles. The van der Waals surface area contributed by atoms with Gasteiger partial charge in [-0.2, -0.15) is 8.78 Å². The molecule has 0 atom stereocenters. The van der Waals surface area contributed by atoms with Gasteiger partial charge in [-0.3, -0.25) is 4.79 Å². The number of hydrogen-bond donors (Lipinski definition) is 1. The van der Waals surface area contributed by atoms with Crippen molar-refractivity contribution in [1.29, 1.82) is 0 Å². The van der Waals surface area contributed by atoms with E-state index in [2.05, 4.69) is 10.1 Å². The fraction of sp³-hybridized carbons (Fsp3) is 0.364. The SMILES string of the molecule is COCCC(=O)Nc1ccc(Cl)cc1OC(F)F. The maximum atomic E-state index is 12.2. The summed E-state index contributed by atoms with van der Waals surface area (Å²) in [5.74, 6) is -0.540. The van der Waals surface area contributed by atoms with Gasteiger partial charge in [-0.05, 0) is 12.1 Å². The Morgan fingerprint density at radius 3 is 2.83 bits per heavy atom. The Kier molecular flexibility index (Phi) is 5.80. The van der Waals surface area contributed by atoms with Crippen LogP contribution in [0.3, 0.4) is 0 Å². The van der Waals surface area contributed by atoms with Crippen LogP contribution in [0.4, 0.5) is 14.5 Å². The van der Waals surface area contributed by atoms with Crippen molar-refractivity contribution >= 4 is 23.2 Å². The van der Waals surface area contributed by atoms with Crippen LogP contribution in [0.1, 0.15) is 6.42 Å². The van der Waals surface area contributed by atoms with Crippen LogP contribution < -0.4 is 10.1 Å². The van der Waals surface area contributed by atoms with E-state index >= 15 is 0 Å². The normalized spacial score (nSPS) is 10.5. The van der Waals surface area contributed by atoms with Crippen LogP contribution >= 0.6 is 11.6 Å². The quantitative estimate of drug-likeness (QED) is 0.871. The highest BCUT2D eigenvalue weighted by molar-refractivity contribution is 6.30. The van der Waals surface area contributed by atoms with E-state index in [1.807, 2.05) is 0 Å². The second-order valence-electron chi connectivity index (χ2n) is 3.31. The zero-order valence-electron chi connectivity index (χ0n) is 9.58. The van der Waals surface area contributed by atoms with Gasteiger partial charge in [0, 0.05) is 18.2 Å². The van der Waals surface area contributed by atoms with E-state index in [1.165, 1.54) is 25.3 Å². The molecule has 7 heteroatoms. The van der Waals surface area contributed by atoms with Gasteiger partial charge in [-0.25, -0.2) is 0 Å². The van der Waals surface area contributed by atoms with Crippen LogP contribution in [0.2, 0.25) is 5.02 Å². The van der Waals surface area contributed by atoms with Crippen LogP contribution in [0.5, 0.6) is 5.75 Å². The summed E-state index contributed by atoms with van der Waals surface area (Å²) in [6.45, 7) is -2.75. The molecule has 1 rings (SSSR count). The van der Waals surface area contributed by atoms with E-state index in [4.69, 9.17) is 16.3 Å². The minimum absolute atomic E-state index is 0.118. The maximum Gasteiger partial charge on any atom is 0.387 e. The Morgan fingerprint density at radius 2 is 2.22 bits per heavy atom. The lowest BCUT2D eigenvalue weighted by molar-refractivity contribution is -0.117. The number of nitrogens with one attached hydrogen (secondary N) is 1. The molecule has 0 aromatic heterocycles. The average molecular weight is 280 g/mol. The lowest BCUT2D eigenvalue weighted by Gasteiger charge is -2.12. The van der Waals surface area contributed by atoms with Gasteiger partial charge >= 0.3 is 6.61 Å². The van der Waals surface area contributed by atoms with Gasteiger partial charge in [-0.1, -0.05) is 11.6 Å². The number of methoxy groups -OCH3 is 1. The number of carbonyl (C=O) groups excluding carboxylic acids is 1. The molecule has 1 N–H and O–H groups in total. The molecule has 18 heavy (non-hydrogen) atoms. The molecular weight excluding hydrogens is 268 g/mol. The molecule has 0 aliphatic rings. The van der Waals surface area contributed by atoms with Crippen LogP contribution in [0.15, 0.2) is 18.2 Å². The summed E-state index contributed by atoms with van der Waals surface area (Å²) >= 11 is 5.66. The first-order chi connectivity index (χ1) is 8.52. The first-order valence-electron chi connectivity index (χ1n) is 5.06. The Morgan fingerprint density at radius 1 is 1.50 bits per heavy atom. The Labute approximate surface area is 108 Å². The number of halogens is 3. The highest BCUT2D eigenvalue weighted by Crippen LogP contribution is 2.29. The number of alkyl halides is 2. The fourth-order valence-corrected chi connectivity index (χ4v) is 1.36. The number of carbonyl (C=O) groups is 1. The first kappa shape index (κ1) is 14.7. The van der Waals surface area contributed by atoms with Gasteiger partial charge in [-0.15, -0.1) is 0 Å². The summed E-state index contributed by atoms with van der Waals surface area (Å²) in [4.78, 5) is 11.4. The monoisotopic (exact) mass is 279 g/mol. The fourth-order valence-electron chi connectivity index (χ4n) is 1.20. The predicted molar refractivity (Wildman–Crippen MR) is 63.2 cm³/mol. The van der Waals surface area contributed by atoms with E-state index < -0.39 is 6.61 Å². The second kappa shape index (κ2) is 7.13. The molecule has 0 aliphatic carbocycles. The molecular formula is C11H12ClF2NO3. The van der Waals surface area contributed by atoms with Gasteiger partial charge in [0.05, 0.1) is 18.7 Å². The minimum atomic E-state index is -2.99. The summed E-state index contributed by atoms with van der Waals surface area (Å²) in [5, 5.41) is 2.68. The topological polar surface area (TPSA) is 47.6 Å². The molecule has 0 bridgehead atoms. The smallest absolute Gasteiger partial charge is 0.387 e. The largest absolute Gasteiger partial charge is 0.433 e. The highest BCUT2D eigenvalue weighted by atomic mass is 35.5. The summed E-state index contributed by atoms with van der Waals surface area (Å²) in [5.41, 5.74) is 0.140. The lowest BCUT2D eigenvalue weighted by Crippen LogP contribution is -2.15. The molecule has 4 nitrogen and oxygen atoms in total. The zero-order chi connectivity index (χ0) is 13.5. The Bertz CT molecular complexity index is 415. The van der Waals surface area contributed by atoms with Gasteiger partial charge in [0.2, 0.25) is 5.91 Å². The number of amides is 1. The maximum absolute atomic E-state index is 12.2. The van der Waals surface area contributed by atoms with Crippen molar-refractivity contribution in [3.63, 3.8) is 0 Å². The number of rotatable bonds is 6. The molecule has 0 radical (unpaired) electrons. The summed E-state index contributed by atoms with van der Waals surface area (Å²) in [6, 6.07) is 4.07. The third kappa shape index (κ3) is 4.85. The van der Waals surface area contributed by atoms with Crippen molar-refractivity contribution in [3.8, 4) is 5.75 Å². The van der Waals surface area contributed by atoms with Crippen molar-refractivity contribution in [2.75, 3.05) is 19.0 Å². The van der Waals surface area contributed by atoms with Crippen LogP contribution in [-0.4, -0.2) is 26.2 Å².